The Hall–Kier alpha value is -1.82. The monoisotopic (exact) mass is 240 g/mol. The van der Waals surface area contributed by atoms with E-state index >= 15 is 0 Å². The molecule has 0 aromatic heterocycles. The van der Waals surface area contributed by atoms with E-state index in [0.29, 0.717) is 5.57 Å². The molecular formula is C11H12O6. The topological polar surface area (TPSA) is 82.1 Å². The lowest BCUT2D eigenvalue weighted by atomic mass is 9.91. The number of hydrogen-bond acceptors (Lipinski definition) is 6. The molecule has 3 atom stereocenters. The number of fused-ring (bicyclic) bond motifs is 1. The number of hydrogen-bond donors (Lipinski definition) is 1. The van der Waals surface area contributed by atoms with E-state index in [0.717, 1.165) is 0 Å². The molecule has 0 radical (unpaired) electrons. The Labute approximate surface area is 97.5 Å². The lowest BCUT2D eigenvalue weighted by Gasteiger charge is -2.37. The summed E-state index contributed by atoms with van der Waals surface area (Å²) < 4.78 is 14.7. The normalized spacial score (nSPS) is 31.9. The third-order valence-corrected chi connectivity index (χ3v) is 2.71. The predicted octanol–water partition coefficient (Wildman–Crippen LogP) is -0.325. The molecule has 2 aliphatic rings. The van der Waals surface area contributed by atoms with Gasteiger partial charge < -0.3 is 19.3 Å². The second kappa shape index (κ2) is 4.21. The number of aliphatic hydroxyl groups is 1. The maximum Gasteiger partial charge on any atom is 0.373 e. The highest BCUT2D eigenvalue weighted by Gasteiger charge is 2.43. The molecule has 92 valence electrons. The maximum atomic E-state index is 11.3. The van der Waals surface area contributed by atoms with Gasteiger partial charge in [-0.3, -0.25) is 0 Å². The van der Waals surface area contributed by atoms with Crippen LogP contribution in [0.5, 0.6) is 0 Å². The largest absolute Gasteiger partial charge is 0.479 e. The number of rotatable bonds is 1. The van der Waals surface area contributed by atoms with Gasteiger partial charge in [-0.2, -0.15) is 0 Å². The van der Waals surface area contributed by atoms with Crippen molar-refractivity contribution in [2.24, 2.45) is 0 Å². The maximum absolute atomic E-state index is 11.3. The molecule has 0 spiro atoms. The zero-order valence-corrected chi connectivity index (χ0v) is 9.21. The molecule has 1 saturated heterocycles. The van der Waals surface area contributed by atoms with E-state index in [1.807, 2.05) is 0 Å². The van der Waals surface area contributed by atoms with Crippen LogP contribution >= 0.6 is 0 Å². The Morgan fingerprint density at radius 1 is 1.59 bits per heavy atom. The van der Waals surface area contributed by atoms with Crippen molar-refractivity contribution < 1.29 is 28.9 Å². The minimum Gasteiger partial charge on any atom is -0.479 e. The number of methoxy groups -OCH3 is 1. The zero-order valence-electron chi connectivity index (χ0n) is 9.21. The summed E-state index contributed by atoms with van der Waals surface area (Å²) in [5, 5.41) is 9.75. The summed E-state index contributed by atoms with van der Waals surface area (Å²) in [6.07, 6.45) is -0.964. The number of aliphatic hydroxyl groups excluding tert-OH is 1. The summed E-state index contributed by atoms with van der Waals surface area (Å²) in [6.45, 7) is 3.39. The number of carbonyl (C=O) groups excluding carboxylic acids is 2. The second-order valence-electron chi connectivity index (χ2n) is 3.83. The minimum absolute atomic E-state index is 0.121. The first kappa shape index (κ1) is 11.7. The van der Waals surface area contributed by atoms with Crippen LogP contribution in [0.1, 0.15) is 6.42 Å². The van der Waals surface area contributed by atoms with Crippen molar-refractivity contribution >= 4 is 11.9 Å². The molecule has 1 fully saturated rings. The molecular weight excluding hydrogens is 228 g/mol. The Morgan fingerprint density at radius 3 is 2.94 bits per heavy atom. The first-order valence-electron chi connectivity index (χ1n) is 5.06. The van der Waals surface area contributed by atoms with Gasteiger partial charge in [-0.05, 0) is 12.7 Å². The van der Waals surface area contributed by atoms with Crippen LogP contribution in [0, 0.1) is 0 Å². The van der Waals surface area contributed by atoms with Gasteiger partial charge >= 0.3 is 11.9 Å². The Balaban J connectivity index is 2.21. The van der Waals surface area contributed by atoms with Crippen molar-refractivity contribution in [3.8, 4) is 0 Å². The van der Waals surface area contributed by atoms with Crippen LogP contribution in [0.2, 0.25) is 0 Å². The van der Waals surface area contributed by atoms with E-state index in [2.05, 4.69) is 11.3 Å². The van der Waals surface area contributed by atoms with Crippen LogP contribution < -0.4 is 0 Å². The lowest BCUT2D eigenvalue weighted by Crippen LogP contribution is -2.49. The van der Waals surface area contributed by atoms with E-state index in [4.69, 9.17) is 9.47 Å². The van der Waals surface area contributed by atoms with E-state index < -0.39 is 30.3 Å². The van der Waals surface area contributed by atoms with Crippen LogP contribution in [0.4, 0.5) is 0 Å². The molecule has 2 rings (SSSR count). The van der Waals surface area contributed by atoms with Gasteiger partial charge in [-0.25, -0.2) is 9.59 Å². The summed E-state index contributed by atoms with van der Waals surface area (Å²) in [6, 6.07) is 0. The molecule has 6 nitrogen and oxygen atoms in total. The van der Waals surface area contributed by atoms with Crippen molar-refractivity contribution in [2.75, 3.05) is 7.11 Å². The fraction of sp³-hybridized carbons (Fsp3) is 0.455. The van der Waals surface area contributed by atoms with Crippen LogP contribution in [-0.4, -0.2) is 42.5 Å². The molecule has 0 bridgehead atoms. The third-order valence-electron chi connectivity index (χ3n) is 2.71. The van der Waals surface area contributed by atoms with Crippen molar-refractivity contribution in [3.63, 3.8) is 0 Å². The van der Waals surface area contributed by atoms with Gasteiger partial charge in [0.05, 0.1) is 7.11 Å². The molecule has 0 amide bonds. The Morgan fingerprint density at radius 2 is 2.29 bits per heavy atom. The minimum atomic E-state index is -1.08. The molecule has 0 saturated carbocycles. The SMILES string of the molecule is C=C1OC2CC(C(=O)OC)=CC(O)C2OC1=O. The smallest absolute Gasteiger partial charge is 0.373 e. The van der Waals surface area contributed by atoms with E-state index in [1.165, 1.54) is 13.2 Å². The van der Waals surface area contributed by atoms with Crippen molar-refractivity contribution in [1.29, 1.82) is 0 Å². The first-order valence-corrected chi connectivity index (χ1v) is 5.06. The fourth-order valence-corrected chi connectivity index (χ4v) is 1.88. The first-order chi connectivity index (χ1) is 8.02. The number of ether oxygens (including phenoxy) is 3. The number of esters is 2. The molecule has 6 heteroatoms. The van der Waals surface area contributed by atoms with Gasteiger partial charge in [0, 0.05) is 12.0 Å². The highest BCUT2D eigenvalue weighted by molar-refractivity contribution is 5.89. The molecule has 1 N–H and O–H groups in total. The molecule has 0 aromatic rings. The van der Waals surface area contributed by atoms with E-state index in [1.54, 1.807) is 0 Å². The predicted molar refractivity (Wildman–Crippen MR) is 54.6 cm³/mol. The molecule has 1 heterocycles. The standard InChI is InChI=1S/C11H12O6/c1-5-10(13)17-9-7(12)3-6(11(14)15-2)4-8(9)16-5/h3,7-9,12H,1,4H2,2H3. The molecule has 0 aromatic carbocycles. The van der Waals surface area contributed by atoms with Gasteiger partial charge in [-0.15, -0.1) is 0 Å². The van der Waals surface area contributed by atoms with Gasteiger partial charge in [0.15, 0.2) is 11.9 Å². The van der Waals surface area contributed by atoms with Crippen molar-refractivity contribution in [1.82, 2.24) is 0 Å². The van der Waals surface area contributed by atoms with Gasteiger partial charge in [0.25, 0.3) is 0 Å². The van der Waals surface area contributed by atoms with Crippen LogP contribution in [0.25, 0.3) is 0 Å². The van der Waals surface area contributed by atoms with Crippen molar-refractivity contribution in [2.45, 2.75) is 24.7 Å². The number of carbonyl (C=O) groups is 2. The van der Waals surface area contributed by atoms with E-state index in [-0.39, 0.29) is 12.2 Å². The van der Waals surface area contributed by atoms with Gasteiger partial charge in [0.2, 0.25) is 0 Å². The second-order valence-corrected chi connectivity index (χ2v) is 3.83. The molecule has 1 aliphatic heterocycles. The zero-order chi connectivity index (χ0) is 12.6. The van der Waals surface area contributed by atoms with Crippen LogP contribution in [-0.2, 0) is 23.8 Å². The van der Waals surface area contributed by atoms with Gasteiger partial charge in [0.1, 0.15) is 12.2 Å². The summed E-state index contributed by atoms with van der Waals surface area (Å²) in [4.78, 5) is 22.5. The Kier molecular flexibility index (Phi) is 2.89. The van der Waals surface area contributed by atoms with Crippen LogP contribution in [0.15, 0.2) is 24.0 Å². The average molecular weight is 240 g/mol. The van der Waals surface area contributed by atoms with Crippen LogP contribution in [0.3, 0.4) is 0 Å². The van der Waals surface area contributed by atoms with E-state index in [9.17, 15) is 14.7 Å². The molecule has 17 heavy (non-hydrogen) atoms. The van der Waals surface area contributed by atoms with Crippen molar-refractivity contribution in [3.05, 3.63) is 24.0 Å². The third kappa shape index (κ3) is 2.03. The Bertz CT molecular complexity index is 410. The highest BCUT2D eigenvalue weighted by atomic mass is 16.6. The summed E-state index contributed by atoms with van der Waals surface area (Å²) in [5.41, 5.74) is 0.298. The molecule has 1 aliphatic carbocycles. The molecule has 3 unspecified atom stereocenters. The fourth-order valence-electron chi connectivity index (χ4n) is 1.88. The summed E-state index contributed by atoms with van der Waals surface area (Å²) >= 11 is 0. The quantitative estimate of drug-likeness (QED) is 0.499. The summed E-state index contributed by atoms with van der Waals surface area (Å²) in [5.74, 6) is -1.35. The lowest BCUT2D eigenvalue weighted by molar-refractivity contribution is -0.180. The average Bonchev–Trinajstić information content (AvgIpc) is 2.30. The van der Waals surface area contributed by atoms with Gasteiger partial charge in [-0.1, -0.05) is 0 Å². The summed E-state index contributed by atoms with van der Waals surface area (Å²) in [7, 11) is 1.25. The highest BCUT2D eigenvalue weighted by Crippen LogP contribution is 2.30.